The summed E-state index contributed by atoms with van der Waals surface area (Å²) in [5.41, 5.74) is -2.33. The number of amides is 1. The van der Waals surface area contributed by atoms with Crippen LogP contribution in [0.5, 0.6) is 0 Å². The lowest BCUT2D eigenvalue weighted by Crippen LogP contribution is -2.63. The number of esters is 1. The van der Waals surface area contributed by atoms with Gasteiger partial charge in [0.2, 0.25) is 0 Å². The molecule has 6 heterocycles. The number of nitrogens with zero attached hydrogens (tertiary/aromatic N) is 5. The Morgan fingerprint density at radius 3 is 2.22 bits per heavy atom. The largest absolute Gasteiger partial charge is 0.458 e. The first kappa shape index (κ1) is 57.7. The van der Waals surface area contributed by atoms with Crippen LogP contribution in [0.3, 0.4) is 0 Å². The molecule has 0 aromatic carbocycles. The van der Waals surface area contributed by atoms with Gasteiger partial charge >= 0.3 is 12.1 Å². The fourth-order valence-corrected chi connectivity index (χ4v) is 12.0. The second-order valence-corrected chi connectivity index (χ2v) is 22.9. The number of fused-ring (bicyclic) bond motifs is 1. The van der Waals surface area contributed by atoms with Crippen LogP contribution in [-0.2, 0) is 54.0 Å². The normalized spacial score (nSPS) is 39.6. The van der Waals surface area contributed by atoms with Gasteiger partial charge < -0.3 is 57.6 Å². The van der Waals surface area contributed by atoms with E-state index in [0.717, 1.165) is 11.3 Å². The molecular weight excluding hydrogens is 927 g/mol. The number of carbonyl (C=O) groups is 3. The molecule has 0 aliphatic carbocycles. The van der Waals surface area contributed by atoms with Crippen molar-refractivity contribution in [1.82, 2.24) is 24.3 Å². The van der Waals surface area contributed by atoms with Gasteiger partial charge in [-0.15, -0.1) is 0 Å². The van der Waals surface area contributed by atoms with E-state index < -0.39 is 108 Å². The molecule has 0 spiro atoms. The third-order valence-corrected chi connectivity index (χ3v) is 16.7. The topological polar surface area (TPSA) is 203 Å². The minimum absolute atomic E-state index is 0.122. The van der Waals surface area contributed by atoms with Gasteiger partial charge in [0.1, 0.15) is 24.1 Å². The number of aryl methyl sites for hydroxylation is 1. The molecule has 18 nitrogen and oxygen atoms in total. The number of pyridine rings is 1. The maximum atomic E-state index is 15.2. The maximum Gasteiger partial charge on any atom is 0.410 e. The highest BCUT2D eigenvalue weighted by Gasteiger charge is 2.61. The quantitative estimate of drug-likeness (QED) is 0.147. The summed E-state index contributed by atoms with van der Waals surface area (Å²) in [5, 5.41) is 23.4. The van der Waals surface area contributed by atoms with E-state index in [1.165, 1.54) is 7.11 Å². The van der Waals surface area contributed by atoms with Gasteiger partial charge in [-0.25, -0.2) is 9.78 Å². The van der Waals surface area contributed by atoms with Gasteiger partial charge in [-0.05, 0) is 114 Å². The lowest BCUT2D eigenvalue weighted by Gasteiger charge is -2.51. The number of carbonyl (C=O) groups excluding carboxylic acids is 3. The summed E-state index contributed by atoms with van der Waals surface area (Å²) < 4.78 is 54.1. The molecule has 0 saturated carbocycles. The van der Waals surface area contributed by atoms with Gasteiger partial charge in [0.15, 0.2) is 18.2 Å². The molecule has 1 unspecified atom stereocenters. The van der Waals surface area contributed by atoms with Crippen molar-refractivity contribution in [1.29, 1.82) is 0 Å². The van der Waals surface area contributed by atoms with Crippen LogP contribution < -0.4 is 0 Å². The zero-order valence-corrected chi connectivity index (χ0v) is 45.9. The van der Waals surface area contributed by atoms with E-state index in [2.05, 4.69) is 35.6 Å². The predicted octanol–water partition coefficient (Wildman–Crippen LogP) is 6.81. The lowest BCUT2D eigenvalue weighted by molar-refractivity contribution is -0.320. The highest BCUT2D eigenvalue weighted by atomic mass is 16.7. The number of likely N-dealkylation sites (N-methyl/N-ethyl adjacent to an activating group) is 1. The number of ketones is 1. The Labute approximate surface area is 428 Å². The molecule has 6 rings (SSSR count). The number of rotatable bonds is 14. The Morgan fingerprint density at radius 2 is 1.60 bits per heavy atom. The van der Waals surface area contributed by atoms with E-state index in [4.69, 9.17) is 37.9 Å². The summed E-state index contributed by atoms with van der Waals surface area (Å²) in [5.74, 6) is -3.95. The number of methoxy groups -OCH3 is 2. The molecule has 2 aromatic rings. The third kappa shape index (κ3) is 12.1. The molecule has 18 heteroatoms. The van der Waals surface area contributed by atoms with Gasteiger partial charge in [-0.1, -0.05) is 27.7 Å². The van der Waals surface area contributed by atoms with Crippen molar-refractivity contribution < 1.29 is 62.5 Å². The number of cyclic esters (lactones) is 1. The van der Waals surface area contributed by atoms with E-state index in [0.29, 0.717) is 25.8 Å². The van der Waals surface area contributed by atoms with Crippen LogP contribution in [0.2, 0.25) is 0 Å². The number of hydrogen-bond donors (Lipinski definition) is 2. The lowest BCUT2D eigenvalue weighted by atomic mass is 9.73. The molecule has 4 aliphatic rings. The molecule has 2 N–H and O–H groups in total. The van der Waals surface area contributed by atoms with Crippen LogP contribution >= 0.6 is 0 Å². The maximum absolute atomic E-state index is 15.2. The second kappa shape index (κ2) is 23.1. The first-order valence-corrected chi connectivity index (χ1v) is 26.2. The Kier molecular flexibility index (Phi) is 18.5. The van der Waals surface area contributed by atoms with Crippen LogP contribution in [0.15, 0.2) is 37.1 Å². The van der Waals surface area contributed by atoms with Gasteiger partial charge in [-0.3, -0.25) is 19.5 Å². The average molecular weight is 1010 g/mol. The minimum Gasteiger partial charge on any atom is -0.458 e. The zero-order valence-electron chi connectivity index (χ0n) is 45.9. The number of aromatic nitrogens is 3. The number of imidazole rings is 1. The Balaban J connectivity index is 1.38. The van der Waals surface area contributed by atoms with Gasteiger partial charge in [0, 0.05) is 87.2 Å². The number of ether oxygens (including phenoxy) is 8. The van der Waals surface area contributed by atoms with Crippen LogP contribution in [-0.4, -0.2) is 170 Å². The molecule has 4 aliphatic heterocycles. The molecule has 72 heavy (non-hydrogen) atoms. The Hall–Kier alpha value is -3.59. The summed E-state index contributed by atoms with van der Waals surface area (Å²) in [6.45, 7) is 25.5. The fourth-order valence-electron chi connectivity index (χ4n) is 12.0. The third-order valence-electron chi connectivity index (χ3n) is 16.7. The van der Waals surface area contributed by atoms with Gasteiger partial charge in [0.05, 0.1) is 59.6 Å². The second-order valence-electron chi connectivity index (χ2n) is 22.9. The number of Topliss-reactive ketones (excluding diaryl/α,β-unsaturated/α-hetero) is 1. The summed E-state index contributed by atoms with van der Waals surface area (Å²) in [4.78, 5) is 57.0. The summed E-state index contributed by atoms with van der Waals surface area (Å²) in [7, 11) is 5.07. The summed E-state index contributed by atoms with van der Waals surface area (Å²) >= 11 is 0. The van der Waals surface area contributed by atoms with Crippen molar-refractivity contribution in [2.75, 3.05) is 27.8 Å². The molecule has 0 radical (unpaired) electrons. The van der Waals surface area contributed by atoms with E-state index in [9.17, 15) is 15.0 Å². The molecule has 4 fully saturated rings. The first-order valence-electron chi connectivity index (χ1n) is 26.2. The molecule has 2 aromatic heterocycles. The number of aliphatic hydroxyl groups excluding tert-OH is 2. The van der Waals surface area contributed by atoms with Crippen LogP contribution in [0.4, 0.5) is 4.79 Å². The predicted molar refractivity (Wildman–Crippen MR) is 268 cm³/mol. The molecule has 4 saturated heterocycles. The number of unbranched alkanes of at least 4 members (excludes halogenated alkanes) is 1. The molecule has 18 atom stereocenters. The van der Waals surface area contributed by atoms with E-state index in [-0.39, 0.29) is 49.3 Å². The van der Waals surface area contributed by atoms with Crippen molar-refractivity contribution in [2.24, 2.45) is 23.7 Å². The van der Waals surface area contributed by atoms with Crippen molar-refractivity contribution in [3.63, 3.8) is 0 Å². The Morgan fingerprint density at radius 1 is 0.917 bits per heavy atom. The first-order chi connectivity index (χ1) is 33.7. The van der Waals surface area contributed by atoms with Crippen LogP contribution in [0, 0.1) is 23.7 Å². The van der Waals surface area contributed by atoms with E-state index in [1.54, 1.807) is 58.4 Å². The van der Waals surface area contributed by atoms with Gasteiger partial charge in [0.25, 0.3) is 0 Å². The van der Waals surface area contributed by atoms with Crippen molar-refractivity contribution in [3.8, 4) is 11.3 Å². The highest BCUT2D eigenvalue weighted by Crippen LogP contribution is 2.45. The fraction of sp³-hybridized carbons (Fsp3) is 0.796. The van der Waals surface area contributed by atoms with Crippen LogP contribution in [0.25, 0.3) is 11.3 Å². The van der Waals surface area contributed by atoms with Crippen LogP contribution in [0.1, 0.15) is 129 Å². The Bertz CT molecular complexity index is 2120. The zero-order chi connectivity index (χ0) is 53.2. The van der Waals surface area contributed by atoms with E-state index in [1.807, 2.05) is 71.5 Å². The van der Waals surface area contributed by atoms with Crippen molar-refractivity contribution in [2.45, 2.75) is 225 Å². The minimum atomic E-state index is -1.43. The van der Waals surface area contributed by atoms with E-state index >= 15 is 9.59 Å². The monoisotopic (exact) mass is 1010 g/mol. The van der Waals surface area contributed by atoms with Crippen molar-refractivity contribution in [3.05, 3.63) is 37.1 Å². The molecule has 1 amide bonds. The highest BCUT2D eigenvalue weighted by molar-refractivity contribution is 5.85. The summed E-state index contributed by atoms with van der Waals surface area (Å²) in [6, 6.07) is 2.67. The summed E-state index contributed by atoms with van der Waals surface area (Å²) in [6.07, 6.45) is 0.863. The molecule has 0 bridgehead atoms. The molecular formula is C54H87N5O13. The van der Waals surface area contributed by atoms with Crippen molar-refractivity contribution >= 4 is 17.8 Å². The molecule has 406 valence electrons. The SMILES string of the molecule is CC[C@H]1OC(=O)[C@H](C)[C@@H](O[C@H]2C[C@@](C)(OC)C(O)[C@H](C)O2)[C@H](C)[C@@H](O[C@@H]2O[C@H](C)C[C@H](N(C)C(C)(C)C)[C@H]2O)[C@](C)(OC)C[C@@H](C)C(=O)[C@H](C)[C@H]2N(CCCCn3cnc(-c4cccnc4)c3)C(=O)O[C@]12C. The standard InChI is InChI=1S/C54H87N5O13/c1-17-40-54(13)45(59(50(64)72-54)24-19-18-23-58-29-38(56-30-58)37-21-20-22-55-28-37)33(4)42(60)31(2)26-53(12,66-16)47(71-49-43(61)39(25-32(3)67-49)57(14)51(8,9)10)34(5)44(35(6)48(63)69-40)70-41-27-52(11,65-15)46(62)36(7)68-41/h20-22,28-36,39-41,43-47,49,61-62H,17-19,23-27H2,1-16H3/t31-,32-,33+,34+,35-,36+,39+,40-,41+,43-,44+,45-,46?,47-,49+,52-,53-,54-/m1/s1. The smallest absolute Gasteiger partial charge is 0.410 e. The average Bonchev–Trinajstić information content (AvgIpc) is 3.92. The number of aliphatic hydroxyl groups is 2. The number of hydrogen-bond acceptors (Lipinski definition) is 16. The van der Waals surface area contributed by atoms with Gasteiger partial charge in [-0.2, -0.15) is 0 Å².